The van der Waals surface area contributed by atoms with E-state index in [0.29, 0.717) is 29.9 Å². The van der Waals surface area contributed by atoms with E-state index >= 15 is 0 Å². The lowest BCUT2D eigenvalue weighted by Gasteiger charge is -2.18. The maximum atomic E-state index is 9.57. The molecule has 3 N–H and O–H groups in total. The number of rotatable bonds is 8. The highest BCUT2D eigenvalue weighted by molar-refractivity contribution is 7.21. The second-order valence-corrected chi connectivity index (χ2v) is 10.7. The van der Waals surface area contributed by atoms with Crippen LogP contribution in [0.25, 0.3) is 20.8 Å². The molecule has 2 aliphatic rings. The van der Waals surface area contributed by atoms with Crippen molar-refractivity contribution in [2.45, 2.75) is 71.4 Å². The Morgan fingerprint density at radius 3 is 2.62 bits per heavy atom. The molecule has 0 amide bonds. The molecule has 2 unspecified atom stereocenters. The van der Waals surface area contributed by atoms with E-state index < -0.39 is 0 Å². The largest absolute Gasteiger partial charge is 0.396 e. The van der Waals surface area contributed by atoms with Gasteiger partial charge < -0.3 is 15.7 Å². The number of nitrogens with zero attached hydrogens (tertiary/aromatic N) is 4. The number of nitrogens with one attached hydrogen (secondary N) is 2. The number of hydrogen-bond donors (Lipinski definition) is 3. The molecule has 3 aromatic heterocycles. The molecule has 8 heteroatoms. The molecular formula is C24H32N6OS. The van der Waals surface area contributed by atoms with Gasteiger partial charge >= 0.3 is 0 Å². The normalized spacial score (nSPS) is 20.9. The summed E-state index contributed by atoms with van der Waals surface area (Å²) in [6.07, 6.45) is 8.21. The third kappa shape index (κ3) is 4.57. The maximum absolute atomic E-state index is 9.57. The molecule has 2 fully saturated rings. The molecule has 5 rings (SSSR count). The second kappa shape index (κ2) is 8.90. The van der Waals surface area contributed by atoms with E-state index in [-0.39, 0.29) is 6.61 Å². The minimum atomic E-state index is 0.256. The van der Waals surface area contributed by atoms with Gasteiger partial charge in [0.25, 0.3) is 0 Å². The molecular weight excluding hydrogens is 420 g/mol. The Morgan fingerprint density at radius 2 is 1.91 bits per heavy atom. The number of thiazole rings is 1. The van der Waals surface area contributed by atoms with E-state index in [1.54, 1.807) is 11.3 Å². The molecule has 2 aliphatic carbocycles. The van der Waals surface area contributed by atoms with Crippen LogP contribution in [0.15, 0.2) is 12.3 Å². The summed E-state index contributed by atoms with van der Waals surface area (Å²) in [5, 5.41) is 17.6. The topological polar surface area (TPSA) is 95.9 Å². The van der Waals surface area contributed by atoms with Crippen molar-refractivity contribution in [2.75, 3.05) is 17.2 Å². The zero-order valence-corrected chi connectivity index (χ0v) is 19.9. The first-order valence-electron chi connectivity index (χ1n) is 11.8. The first kappa shape index (κ1) is 21.5. The van der Waals surface area contributed by atoms with Gasteiger partial charge in [0.15, 0.2) is 0 Å². The Labute approximate surface area is 193 Å². The highest BCUT2D eigenvalue weighted by Gasteiger charge is 2.28. The minimum Gasteiger partial charge on any atom is -0.396 e. The van der Waals surface area contributed by atoms with Crippen LogP contribution in [0.5, 0.6) is 0 Å². The SMILES string of the molecule is Cc1nc(NC2CC2)nc(NC2CCC(CO)C2)c1-c1nc2c(CC(C)C)nccc2s1. The van der Waals surface area contributed by atoms with Gasteiger partial charge in [0.05, 0.1) is 21.7 Å². The zero-order chi connectivity index (χ0) is 22.2. The molecule has 0 radical (unpaired) electrons. The van der Waals surface area contributed by atoms with Crippen molar-refractivity contribution < 1.29 is 5.11 Å². The molecule has 170 valence electrons. The van der Waals surface area contributed by atoms with E-state index in [9.17, 15) is 5.11 Å². The van der Waals surface area contributed by atoms with Crippen LogP contribution in [0.4, 0.5) is 11.8 Å². The summed E-state index contributed by atoms with van der Waals surface area (Å²) in [4.78, 5) is 19.3. The van der Waals surface area contributed by atoms with Crippen LogP contribution in [0.3, 0.4) is 0 Å². The highest BCUT2D eigenvalue weighted by Crippen LogP contribution is 2.39. The number of pyridine rings is 1. The van der Waals surface area contributed by atoms with Crippen LogP contribution < -0.4 is 10.6 Å². The molecule has 0 saturated heterocycles. The molecule has 32 heavy (non-hydrogen) atoms. The fourth-order valence-corrected chi connectivity index (χ4v) is 5.60. The Morgan fingerprint density at radius 1 is 1.09 bits per heavy atom. The molecule has 0 aromatic carbocycles. The summed E-state index contributed by atoms with van der Waals surface area (Å²) >= 11 is 1.68. The Hall–Kier alpha value is -2.32. The molecule has 3 heterocycles. The summed E-state index contributed by atoms with van der Waals surface area (Å²) in [7, 11) is 0. The van der Waals surface area contributed by atoms with Crippen molar-refractivity contribution >= 4 is 33.3 Å². The highest BCUT2D eigenvalue weighted by atomic mass is 32.1. The van der Waals surface area contributed by atoms with Crippen molar-refractivity contribution in [3.05, 3.63) is 23.7 Å². The second-order valence-electron chi connectivity index (χ2n) is 9.70. The van der Waals surface area contributed by atoms with Crippen molar-refractivity contribution in [2.24, 2.45) is 11.8 Å². The van der Waals surface area contributed by atoms with Gasteiger partial charge in [-0.3, -0.25) is 4.98 Å². The van der Waals surface area contributed by atoms with E-state index in [4.69, 9.17) is 15.0 Å². The van der Waals surface area contributed by atoms with Crippen molar-refractivity contribution in [3.8, 4) is 10.6 Å². The fraction of sp³-hybridized carbons (Fsp3) is 0.583. The molecule has 2 atom stereocenters. The van der Waals surface area contributed by atoms with Gasteiger partial charge in [-0.2, -0.15) is 4.98 Å². The van der Waals surface area contributed by atoms with Crippen molar-refractivity contribution in [1.29, 1.82) is 0 Å². The van der Waals surface area contributed by atoms with Gasteiger partial charge in [0.1, 0.15) is 16.3 Å². The van der Waals surface area contributed by atoms with Crippen LogP contribution in [0, 0.1) is 18.8 Å². The van der Waals surface area contributed by atoms with Gasteiger partial charge in [0, 0.05) is 24.9 Å². The number of aliphatic hydroxyl groups excluding tert-OH is 1. The van der Waals surface area contributed by atoms with E-state index in [1.165, 1.54) is 12.8 Å². The lowest BCUT2D eigenvalue weighted by Crippen LogP contribution is -2.19. The lowest BCUT2D eigenvalue weighted by molar-refractivity contribution is 0.229. The third-order valence-electron chi connectivity index (χ3n) is 6.34. The quantitative estimate of drug-likeness (QED) is 0.452. The van der Waals surface area contributed by atoms with Gasteiger partial charge in [-0.15, -0.1) is 11.3 Å². The molecule has 0 aliphatic heterocycles. The molecule has 2 saturated carbocycles. The van der Waals surface area contributed by atoms with Gasteiger partial charge in [-0.1, -0.05) is 13.8 Å². The molecule has 0 spiro atoms. The monoisotopic (exact) mass is 452 g/mol. The fourth-order valence-electron chi connectivity index (χ4n) is 4.52. The van der Waals surface area contributed by atoms with Crippen LogP contribution in [-0.2, 0) is 6.42 Å². The average Bonchev–Trinajstić information content (AvgIpc) is 3.26. The number of hydrogen-bond acceptors (Lipinski definition) is 8. The summed E-state index contributed by atoms with van der Waals surface area (Å²) in [6.45, 7) is 6.72. The first-order valence-corrected chi connectivity index (χ1v) is 12.6. The number of anilines is 2. The standard InChI is InChI=1S/C24H32N6OS/c1-13(2)10-18-21-19(8-9-25-18)32-23(29-21)20-14(3)26-24(28-16-6-7-16)30-22(20)27-17-5-4-15(11-17)12-31/h8-9,13,15-17,31H,4-7,10-12H2,1-3H3,(H2,26,27,28,30). The Bertz CT molecular complexity index is 1110. The molecule has 3 aromatic rings. The maximum Gasteiger partial charge on any atom is 0.225 e. The van der Waals surface area contributed by atoms with Crippen LogP contribution in [0.2, 0.25) is 0 Å². The number of aliphatic hydroxyl groups is 1. The summed E-state index contributed by atoms with van der Waals surface area (Å²) in [5.41, 5.74) is 3.96. The van der Waals surface area contributed by atoms with Crippen molar-refractivity contribution in [1.82, 2.24) is 19.9 Å². The minimum absolute atomic E-state index is 0.256. The first-order chi connectivity index (χ1) is 15.5. The number of aryl methyl sites for hydroxylation is 1. The van der Waals surface area contributed by atoms with Gasteiger partial charge in [-0.25, -0.2) is 9.97 Å². The Balaban J connectivity index is 1.54. The van der Waals surface area contributed by atoms with E-state index in [0.717, 1.165) is 63.7 Å². The van der Waals surface area contributed by atoms with Crippen molar-refractivity contribution in [3.63, 3.8) is 0 Å². The predicted octanol–water partition coefficient (Wildman–Crippen LogP) is 4.80. The average molecular weight is 453 g/mol. The zero-order valence-electron chi connectivity index (χ0n) is 19.1. The van der Waals surface area contributed by atoms with Crippen LogP contribution in [-0.4, -0.2) is 43.7 Å². The molecule has 7 nitrogen and oxygen atoms in total. The summed E-state index contributed by atoms with van der Waals surface area (Å²) in [6, 6.07) is 2.85. The Kier molecular flexibility index (Phi) is 5.99. The number of fused-ring (bicyclic) bond motifs is 1. The van der Waals surface area contributed by atoms with E-state index in [1.807, 2.05) is 13.1 Å². The van der Waals surface area contributed by atoms with E-state index in [2.05, 4.69) is 35.5 Å². The van der Waals surface area contributed by atoms with Crippen LogP contribution >= 0.6 is 11.3 Å². The van der Waals surface area contributed by atoms with Gasteiger partial charge in [-0.05, 0) is 63.4 Å². The predicted molar refractivity (Wildman–Crippen MR) is 130 cm³/mol. The lowest BCUT2D eigenvalue weighted by atomic mass is 10.1. The smallest absolute Gasteiger partial charge is 0.225 e. The summed E-state index contributed by atoms with van der Waals surface area (Å²) in [5.74, 6) is 2.43. The van der Waals surface area contributed by atoms with Gasteiger partial charge in [0.2, 0.25) is 5.95 Å². The number of aromatic nitrogens is 4. The summed E-state index contributed by atoms with van der Waals surface area (Å²) < 4.78 is 1.15. The molecule has 0 bridgehead atoms. The van der Waals surface area contributed by atoms with Crippen LogP contribution in [0.1, 0.15) is 57.3 Å². The third-order valence-corrected chi connectivity index (χ3v) is 7.38.